The number of aryl methyl sites for hydroxylation is 2. The second kappa shape index (κ2) is 11.5. The number of nitrogens with zero attached hydrogens (tertiary/aromatic N) is 2. The van der Waals surface area contributed by atoms with Crippen molar-refractivity contribution in [3.05, 3.63) is 119 Å². The largest absolute Gasteiger partial charge is 0.455 e. The van der Waals surface area contributed by atoms with E-state index in [4.69, 9.17) is 4.42 Å². The summed E-state index contributed by atoms with van der Waals surface area (Å²) in [4.78, 5) is 0. The average Bonchev–Trinajstić information content (AvgIpc) is 3.61. The van der Waals surface area contributed by atoms with Gasteiger partial charge in [0, 0.05) is 27.5 Å². The molecule has 0 unspecified atom stereocenters. The third-order valence-electron chi connectivity index (χ3n) is 11.8. The Balaban J connectivity index is 1.51. The smallest absolute Gasteiger partial charge is 0.299 e. The molecule has 8 rings (SSSR count). The number of benzene rings is 5. The van der Waals surface area contributed by atoms with Gasteiger partial charge in [0.15, 0.2) is 16.6 Å². The minimum absolute atomic E-state index is 0.0336. The highest BCUT2D eigenvalue weighted by molar-refractivity contribution is 6.11. The van der Waals surface area contributed by atoms with E-state index in [0.29, 0.717) is 11.8 Å². The van der Waals surface area contributed by atoms with E-state index in [-0.39, 0.29) is 10.8 Å². The Morgan fingerprint density at radius 3 is 1.96 bits per heavy atom. The molecule has 3 nitrogen and oxygen atoms in total. The minimum atomic E-state index is 0.0336. The number of rotatable bonds is 5. The van der Waals surface area contributed by atoms with Crippen LogP contribution in [0.4, 0.5) is 0 Å². The van der Waals surface area contributed by atoms with Gasteiger partial charge in [0.1, 0.15) is 16.8 Å². The predicted molar refractivity (Wildman–Crippen MR) is 211 cm³/mol. The minimum Gasteiger partial charge on any atom is -0.455 e. The van der Waals surface area contributed by atoms with E-state index in [1.54, 1.807) is 0 Å². The van der Waals surface area contributed by atoms with Crippen LogP contribution in [0.3, 0.4) is 0 Å². The fraction of sp³-hybridized carbons (Fsp3) is 0.340. The van der Waals surface area contributed by atoms with Crippen LogP contribution in [0.15, 0.2) is 95.4 Å². The molecule has 0 bridgehead atoms. The van der Waals surface area contributed by atoms with Crippen LogP contribution in [0.5, 0.6) is 0 Å². The average molecular weight is 660 g/mol. The third kappa shape index (κ3) is 4.80. The molecule has 7 aromatic rings. The summed E-state index contributed by atoms with van der Waals surface area (Å²) in [6.07, 6.45) is 2.33. The number of furan rings is 1. The lowest BCUT2D eigenvalue weighted by atomic mass is 9.63. The van der Waals surface area contributed by atoms with E-state index < -0.39 is 0 Å². The van der Waals surface area contributed by atoms with Gasteiger partial charge in [-0.15, -0.1) is 0 Å². The van der Waals surface area contributed by atoms with Crippen molar-refractivity contribution < 1.29 is 8.98 Å². The van der Waals surface area contributed by atoms with Crippen LogP contribution in [0, 0.1) is 6.92 Å². The molecular formula is C47H51N2O+. The normalized spacial score (nSPS) is 15.5. The van der Waals surface area contributed by atoms with Crippen molar-refractivity contribution in [3.8, 4) is 28.2 Å². The van der Waals surface area contributed by atoms with E-state index >= 15 is 0 Å². The first-order valence-electron chi connectivity index (χ1n) is 18.5. The van der Waals surface area contributed by atoms with Gasteiger partial charge >= 0.3 is 0 Å². The van der Waals surface area contributed by atoms with Gasteiger partial charge in [-0.3, -0.25) is 0 Å². The molecule has 50 heavy (non-hydrogen) atoms. The second-order valence-electron chi connectivity index (χ2n) is 16.8. The maximum Gasteiger partial charge on any atom is 0.299 e. The molecule has 0 N–H and O–H groups in total. The highest BCUT2D eigenvalue weighted by Gasteiger charge is 2.40. The first-order chi connectivity index (χ1) is 23.8. The Labute approximate surface area is 297 Å². The van der Waals surface area contributed by atoms with Gasteiger partial charge in [0.2, 0.25) is 0 Å². The summed E-state index contributed by atoms with van der Waals surface area (Å²) in [7, 11) is 2.23. The summed E-state index contributed by atoms with van der Waals surface area (Å²) in [5.41, 5.74) is 16.3. The molecule has 2 heterocycles. The molecule has 0 fully saturated rings. The SMILES string of the molecule is Cc1ccc2c(oc3c4c(ccc32)C(C)(C)CCC4(C)C)c1-c1n(-c2c(C(C)C)cc(-c3ccccc3)cc2C(C)C)c2ccccc2[n+]1C. The lowest BCUT2D eigenvalue weighted by molar-refractivity contribution is -0.633. The van der Waals surface area contributed by atoms with Crippen LogP contribution in [0.1, 0.15) is 108 Å². The summed E-state index contributed by atoms with van der Waals surface area (Å²) in [6.45, 7) is 21.2. The summed E-state index contributed by atoms with van der Waals surface area (Å²) >= 11 is 0. The Hall–Kier alpha value is -4.63. The first-order valence-corrected chi connectivity index (χ1v) is 18.5. The molecule has 0 radical (unpaired) electrons. The molecule has 2 aromatic heterocycles. The van der Waals surface area contributed by atoms with Gasteiger partial charge in [-0.25, -0.2) is 4.57 Å². The fourth-order valence-electron chi connectivity index (χ4n) is 8.84. The molecule has 0 atom stereocenters. The van der Waals surface area contributed by atoms with Crippen molar-refractivity contribution in [1.29, 1.82) is 0 Å². The molecule has 0 aliphatic heterocycles. The van der Waals surface area contributed by atoms with Crippen LogP contribution in [-0.4, -0.2) is 4.57 Å². The van der Waals surface area contributed by atoms with Crippen molar-refractivity contribution in [1.82, 2.24) is 4.57 Å². The number of hydrogen-bond acceptors (Lipinski definition) is 1. The van der Waals surface area contributed by atoms with Crippen molar-refractivity contribution in [3.63, 3.8) is 0 Å². The topological polar surface area (TPSA) is 21.9 Å². The van der Waals surface area contributed by atoms with Crippen LogP contribution in [-0.2, 0) is 17.9 Å². The van der Waals surface area contributed by atoms with Crippen LogP contribution in [0.25, 0.3) is 61.2 Å². The van der Waals surface area contributed by atoms with Gasteiger partial charge in [-0.2, -0.15) is 4.57 Å². The van der Waals surface area contributed by atoms with Crippen LogP contribution < -0.4 is 4.57 Å². The number of aromatic nitrogens is 2. The molecular weight excluding hydrogens is 609 g/mol. The zero-order chi connectivity index (χ0) is 35.3. The Morgan fingerprint density at radius 2 is 1.28 bits per heavy atom. The molecule has 254 valence electrons. The van der Waals surface area contributed by atoms with E-state index in [0.717, 1.165) is 29.0 Å². The van der Waals surface area contributed by atoms with Crippen molar-refractivity contribution in [2.75, 3.05) is 0 Å². The van der Waals surface area contributed by atoms with E-state index in [9.17, 15) is 0 Å². The summed E-state index contributed by atoms with van der Waals surface area (Å²) in [5, 5.41) is 2.40. The number of imidazole rings is 1. The molecule has 3 heteroatoms. The lowest BCUT2D eigenvalue weighted by Gasteiger charge is -2.41. The highest BCUT2D eigenvalue weighted by Crippen LogP contribution is 2.51. The number of fused-ring (bicyclic) bond motifs is 6. The maximum absolute atomic E-state index is 7.29. The Kier molecular flexibility index (Phi) is 7.46. The lowest BCUT2D eigenvalue weighted by Crippen LogP contribution is -2.33. The van der Waals surface area contributed by atoms with Gasteiger partial charge in [-0.1, -0.05) is 122 Å². The number of para-hydroxylation sites is 2. The molecule has 1 aliphatic rings. The molecule has 0 spiro atoms. The first kappa shape index (κ1) is 32.6. The van der Waals surface area contributed by atoms with Gasteiger partial charge in [0.25, 0.3) is 5.82 Å². The molecule has 0 saturated carbocycles. The summed E-state index contributed by atoms with van der Waals surface area (Å²) < 4.78 is 12.3. The Bertz CT molecular complexity index is 2420. The fourth-order valence-corrected chi connectivity index (χ4v) is 8.84. The Morgan fingerprint density at radius 1 is 0.680 bits per heavy atom. The van der Waals surface area contributed by atoms with Crippen LogP contribution >= 0.6 is 0 Å². The monoisotopic (exact) mass is 659 g/mol. The summed E-state index contributed by atoms with van der Waals surface area (Å²) in [5.74, 6) is 1.77. The van der Waals surface area contributed by atoms with Crippen molar-refractivity contribution >= 4 is 33.0 Å². The van der Waals surface area contributed by atoms with Gasteiger partial charge in [-0.05, 0) is 89.0 Å². The molecule has 1 aliphatic carbocycles. The van der Waals surface area contributed by atoms with Gasteiger partial charge < -0.3 is 4.42 Å². The van der Waals surface area contributed by atoms with E-state index in [1.165, 1.54) is 72.9 Å². The van der Waals surface area contributed by atoms with Crippen molar-refractivity contribution in [2.45, 2.75) is 97.8 Å². The quantitative estimate of drug-likeness (QED) is 0.169. The van der Waals surface area contributed by atoms with E-state index in [2.05, 4.69) is 169 Å². The van der Waals surface area contributed by atoms with E-state index in [1.807, 2.05) is 0 Å². The summed E-state index contributed by atoms with van der Waals surface area (Å²) in [6, 6.07) is 33.9. The molecule has 0 amide bonds. The zero-order valence-electron chi connectivity index (χ0n) is 31.5. The third-order valence-corrected chi connectivity index (χ3v) is 11.8. The number of hydrogen-bond donors (Lipinski definition) is 0. The second-order valence-corrected chi connectivity index (χ2v) is 16.8. The zero-order valence-corrected chi connectivity index (χ0v) is 31.5. The predicted octanol–water partition coefficient (Wildman–Crippen LogP) is 12.6. The molecule has 5 aromatic carbocycles. The van der Waals surface area contributed by atoms with Crippen molar-refractivity contribution in [2.24, 2.45) is 7.05 Å². The molecule has 0 saturated heterocycles. The van der Waals surface area contributed by atoms with Gasteiger partial charge in [0.05, 0.1) is 7.05 Å². The maximum atomic E-state index is 7.29. The highest BCUT2D eigenvalue weighted by atomic mass is 16.3. The standard InChI is InChI=1S/C47H51N2O/c1-28(2)35-26-32(31-16-12-11-13-17-31)27-36(29(3)4)42(35)49-39-19-15-14-18-38(39)48(10)45(49)40-30(5)20-21-33-34-22-23-37-41(44(34)50-43(33)40)47(8,9)25-24-46(37,6)7/h11-23,26-29H,24-25H2,1-10H3/q+1. The van der Waals surface area contributed by atoms with Crippen LogP contribution in [0.2, 0.25) is 0 Å².